The molecule has 1 aromatic carbocycles. The number of carbonyl (C=O) groups excluding carboxylic acids is 2. The fourth-order valence-electron chi connectivity index (χ4n) is 2.37. The Labute approximate surface area is 133 Å². The van der Waals surface area contributed by atoms with Crippen molar-refractivity contribution in [1.29, 1.82) is 0 Å². The molecule has 0 saturated carbocycles. The molecule has 7 nitrogen and oxygen atoms in total. The van der Waals surface area contributed by atoms with Crippen LogP contribution in [0.1, 0.15) is 18.9 Å². The molecule has 3 amide bonds. The van der Waals surface area contributed by atoms with Gasteiger partial charge in [-0.3, -0.25) is 9.69 Å². The summed E-state index contributed by atoms with van der Waals surface area (Å²) in [6.07, 6.45) is 1.33. The maximum absolute atomic E-state index is 13.0. The third-order valence-electron chi connectivity index (χ3n) is 3.62. The molecule has 1 aliphatic rings. The van der Waals surface area contributed by atoms with Crippen LogP contribution in [-0.2, 0) is 20.4 Å². The zero-order chi connectivity index (χ0) is 17.3. The number of benzene rings is 1. The van der Waals surface area contributed by atoms with Crippen LogP contribution in [0.25, 0.3) is 0 Å². The van der Waals surface area contributed by atoms with Crippen molar-refractivity contribution in [3.8, 4) is 0 Å². The summed E-state index contributed by atoms with van der Waals surface area (Å²) in [4.78, 5) is 25.6. The van der Waals surface area contributed by atoms with Crippen molar-refractivity contribution in [1.82, 2.24) is 14.9 Å². The highest BCUT2D eigenvalue weighted by Gasteiger charge is 2.48. The molecule has 2 N–H and O–H groups in total. The number of nitrogens with one attached hydrogen (secondary N) is 2. The lowest BCUT2D eigenvalue weighted by Gasteiger charge is -2.22. The first kappa shape index (κ1) is 17.4. The predicted octanol–water partition coefficient (Wildman–Crippen LogP) is 0.532. The number of imide groups is 1. The zero-order valence-electron chi connectivity index (χ0n) is 12.8. The molecule has 1 fully saturated rings. The molecule has 1 saturated heterocycles. The van der Waals surface area contributed by atoms with E-state index in [-0.39, 0.29) is 13.1 Å². The molecule has 1 heterocycles. The van der Waals surface area contributed by atoms with Crippen LogP contribution in [0, 0.1) is 5.82 Å². The predicted molar refractivity (Wildman–Crippen MR) is 81.5 cm³/mol. The summed E-state index contributed by atoms with van der Waals surface area (Å²) in [6, 6.07) is 4.78. The molecule has 23 heavy (non-hydrogen) atoms. The quantitative estimate of drug-likeness (QED) is 0.582. The van der Waals surface area contributed by atoms with E-state index in [4.69, 9.17) is 0 Å². The van der Waals surface area contributed by atoms with Crippen molar-refractivity contribution in [3.63, 3.8) is 0 Å². The largest absolute Gasteiger partial charge is 0.325 e. The number of carbonyl (C=O) groups is 2. The molecule has 1 unspecified atom stereocenters. The van der Waals surface area contributed by atoms with Crippen LogP contribution >= 0.6 is 0 Å². The molecule has 1 aliphatic heterocycles. The van der Waals surface area contributed by atoms with Gasteiger partial charge < -0.3 is 5.32 Å². The monoisotopic (exact) mass is 343 g/mol. The Bertz CT molecular complexity index is 720. The summed E-state index contributed by atoms with van der Waals surface area (Å²) >= 11 is 0. The highest BCUT2D eigenvalue weighted by molar-refractivity contribution is 7.88. The standard InChI is InChI=1S/C14H18FN3O4S/c1-14(10-4-6-11(15)7-5-10)12(19)18(13(20)17-14)9-3-8-16-23(2,21)22/h4-7,16H,3,8-9H2,1-2H3,(H,17,20). The zero-order valence-corrected chi connectivity index (χ0v) is 13.6. The van der Waals surface area contributed by atoms with Crippen LogP contribution in [0.4, 0.5) is 9.18 Å². The Kier molecular flexibility index (Phi) is 4.71. The molecular weight excluding hydrogens is 325 g/mol. The minimum atomic E-state index is -3.31. The van der Waals surface area contributed by atoms with E-state index in [1.807, 2.05) is 0 Å². The van der Waals surface area contributed by atoms with Crippen molar-refractivity contribution in [2.45, 2.75) is 18.9 Å². The van der Waals surface area contributed by atoms with Crippen LogP contribution < -0.4 is 10.0 Å². The van der Waals surface area contributed by atoms with Gasteiger partial charge in [-0.15, -0.1) is 0 Å². The third kappa shape index (κ3) is 3.85. The van der Waals surface area contributed by atoms with E-state index in [2.05, 4.69) is 10.0 Å². The molecule has 0 aliphatic carbocycles. The summed E-state index contributed by atoms with van der Waals surface area (Å²) in [6.45, 7) is 1.77. The SMILES string of the molecule is CC1(c2ccc(F)cc2)NC(=O)N(CCCNS(C)(=O)=O)C1=O. The maximum atomic E-state index is 13.0. The van der Waals surface area contributed by atoms with Crippen molar-refractivity contribution >= 4 is 22.0 Å². The summed E-state index contributed by atoms with van der Waals surface area (Å²) in [7, 11) is -3.31. The third-order valence-corrected chi connectivity index (χ3v) is 4.35. The molecule has 0 spiro atoms. The average Bonchev–Trinajstić information content (AvgIpc) is 2.66. The van der Waals surface area contributed by atoms with E-state index >= 15 is 0 Å². The second-order valence-electron chi connectivity index (χ2n) is 5.54. The van der Waals surface area contributed by atoms with Gasteiger partial charge in [0.25, 0.3) is 5.91 Å². The van der Waals surface area contributed by atoms with Gasteiger partial charge in [0.2, 0.25) is 10.0 Å². The van der Waals surface area contributed by atoms with Gasteiger partial charge >= 0.3 is 6.03 Å². The maximum Gasteiger partial charge on any atom is 0.325 e. The van der Waals surface area contributed by atoms with Crippen LogP contribution in [0.3, 0.4) is 0 Å². The minimum absolute atomic E-state index is 0.0873. The Morgan fingerprint density at radius 3 is 2.43 bits per heavy atom. The van der Waals surface area contributed by atoms with Gasteiger partial charge in [0, 0.05) is 13.1 Å². The molecule has 126 valence electrons. The molecule has 0 aromatic heterocycles. The van der Waals surface area contributed by atoms with Crippen LogP contribution in [0.15, 0.2) is 24.3 Å². The number of amides is 3. The van der Waals surface area contributed by atoms with Crippen molar-refractivity contribution < 1.29 is 22.4 Å². The number of urea groups is 1. The molecular formula is C14H18FN3O4S. The van der Waals surface area contributed by atoms with Gasteiger partial charge in [-0.05, 0) is 31.0 Å². The van der Waals surface area contributed by atoms with Gasteiger partial charge in [0.1, 0.15) is 11.4 Å². The highest BCUT2D eigenvalue weighted by Crippen LogP contribution is 2.28. The van der Waals surface area contributed by atoms with Gasteiger partial charge in [-0.2, -0.15) is 0 Å². The summed E-state index contributed by atoms with van der Waals surface area (Å²) in [5, 5.41) is 2.60. The number of nitrogens with zero attached hydrogens (tertiary/aromatic N) is 1. The lowest BCUT2D eigenvalue weighted by atomic mass is 9.92. The Balaban J connectivity index is 2.06. The fourth-order valence-corrected chi connectivity index (χ4v) is 2.89. The number of hydrogen-bond donors (Lipinski definition) is 2. The second kappa shape index (κ2) is 6.25. The average molecular weight is 343 g/mol. The van der Waals surface area contributed by atoms with Crippen molar-refractivity contribution in [2.75, 3.05) is 19.3 Å². The van der Waals surface area contributed by atoms with E-state index < -0.39 is 33.3 Å². The van der Waals surface area contributed by atoms with E-state index in [0.717, 1.165) is 11.2 Å². The van der Waals surface area contributed by atoms with Crippen molar-refractivity contribution in [3.05, 3.63) is 35.6 Å². The molecule has 1 atom stereocenters. The van der Waals surface area contributed by atoms with E-state index in [1.165, 1.54) is 24.3 Å². The van der Waals surface area contributed by atoms with E-state index in [1.54, 1.807) is 6.92 Å². The molecule has 0 radical (unpaired) electrons. The lowest BCUT2D eigenvalue weighted by Crippen LogP contribution is -2.41. The summed E-state index contributed by atoms with van der Waals surface area (Å²) in [5.41, 5.74) is -0.774. The van der Waals surface area contributed by atoms with E-state index in [9.17, 15) is 22.4 Å². The number of sulfonamides is 1. The first-order valence-electron chi connectivity index (χ1n) is 6.98. The Morgan fingerprint density at radius 1 is 1.26 bits per heavy atom. The van der Waals surface area contributed by atoms with Crippen LogP contribution in [0.2, 0.25) is 0 Å². The van der Waals surface area contributed by atoms with Crippen molar-refractivity contribution in [2.24, 2.45) is 0 Å². The molecule has 9 heteroatoms. The molecule has 2 rings (SSSR count). The molecule has 1 aromatic rings. The minimum Gasteiger partial charge on any atom is -0.319 e. The highest BCUT2D eigenvalue weighted by atomic mass is 32.2. The Morgan fingerprint density at radius 2 is 1.87 bits per heavy atom. The van der Waals surface area contributed by atoms with E-state index in [0.29, 0.717) is 12.0 Å². The molecule has 0 bridgehead atoms. The van der Waals surface area contributed by atoms with Gasteiger partial charge in [-0.25, -0.2) is 22.3 Å². The number of halogens is 1. The van der Waals surface area contributed by atoms with Crippen LogP contribution in [-0.4, -0.2) is 44.6 Å². The Hall–Kier alpha value is -2.00. The van der Waals surface area contributed by atoms with Gasteiger partial charge in [-0.1, -0.05) is 12.1 Å². The first-order chi connectivity index (χ1) is 10.6. The van der Waals surface area contributed by atoms with Gasteiger partial charge in [0.05, 0.1) is 6.26 Å². The number of hydrogen-bond acceptors (Lipinski definition) is 4. The lowest BCUT2D eigenvalue weighted by molar-refractivity contribution is -0.131. The second-order valence-corrected chi connectivity index (χ2v) is 7.37. The smallest absolute Gasteiger partial charge is 0.319 e. The first-order valence-corrected chi connectivity index (χ1v) is 8.87. The van der Waals surface area contributed by atoms with Crippen LogP contribution in [0.5, 0.6) is 0 Å². The summed E-state index contributed by atoms with van der Waals surface area (Å²) in [5.74, 6) is -0.883. The fraction of sp³-hybridized carbons (Fsp3) is 0.429. The topological polar surface area (TPSA) is 95.6 Å². The summed E-state index contributed by atoms with van der Waals surface area (Å²) < 4.78 is 37.2. The van der Waals surface area contributed by atoms with Gasteiger partial charge in [0.15, 0.2) is 0 Å². The normalized spacial score (nSPS) is 21.6. The number of rotatable bonds is 6.